The molecule has 160 valence electrons. The average molecular weight is 391 g/mol. The second kappa shape index (κ2) is 7.10. The van der Waals surface area contributed by atoms with Gasteiger partial charge < -0.3 is 15.3 Å². The van der Waals surface area contributed by atoms with Crippen molar-refractivity contribution in [2.45, 2.75) is 110 Å². The minimum absolute atomic E-state index is 0.0852. The van der Waals surface area contributed by atoms with E-state index in [4.69, 9.17) is 0 Å². The molecular formula is C25H42O3. The monoisotopic (exact) mass is 390 g/mol. The van der Waals surface area contributed by atoms with Gasteiger partial charge in [-0.25, -0.2) is 0 Å². The lowest BCUT2D eigenvalue weighted by Crippen LogP contribution is -2.56. The maximum atomic E-state index is 11.4. The second-order valence-electron chi connectivity index (χ2n) is 11.8. The van der Waals surface area contributed by atoms with Crippen LogP contribution in [-0.4, -0.2) is 33.1 Å². The second-order valence-corrected chi connectivity index (χ2v) is 11.8. The quantitative estimate of drug-likeness (QED) is 0.602. The molecule has 0 heterocycles. The first kappa shape index (κ1) is 20.9. The normalized spacial score (nSPS) is 48.5. The first-order valence-corrected chi connectivity index (χ1v) is 11.8. The molecule has 3 heteroatoms. The van der Waals surface area contributed by atoms with Gasteiger partial charge in [-0.15, -0.1) is 0 Å². The third kappa shape index (κ3) is 3.40. The van der Waals surface area contributed by atoms with Gasteiger partial charge in [0.25, 0.3) is 0 Å². The van der Waals surface area contributed by atoms with Crippen LogP contribution in [0.5, 0.6) is 0 Å². The summed E-state index contributed by atoms with van der Waals surface area (Å²) in [6.45, 7) is 8.66. The molecule has 0 radical (unpaired) electrons. The molecule has 4 aliphatic rings. The van der Waals surface area contributed by atoms with Crippen LogP contribution in [0, 0.1) is 34.5 Å². The Morgan fingerprint density at radius 3 is 2.61 bits per heavy atom. The standard InChI is InChI=1S/C25H42O3/c1-23(2,28)12-5-6-16-8-10-20-19-9-7-17-14-18(26)11-13-24(17,3)22(19)21(27)15-25(16,20)4/h7,16,18-22,26-28H,5-6,8-15H2,1-4H3/t16-,18-,19-,20?,21-,22?,24-,25+/m0/s1. The van der Waals surface area contributed by atoms with E-state index in [-0.39, 0.29) is 23.0 Å². The molecular weight excluding hydrogens is 348 g/mol. The Bertz CT molecular complexity index is 620. The Labute approximate surface area is 171 Å². The van der Waals surface area contributed by atoms with E-state index in [1.165, 1.54) is 24.8 Å². The van der Waals surface area contributed by atoms with Gasteiger partial charge in [-0.1, -0.05) is 31.9 Å². The topological polar surface area (TPSA) is 60.7 Å². The highest BCUT2D eigenvalue weighted by Gasteiger charge is 2.61. The van der Waals surface area contributed by atoms with Crippen molar-refractivity contribution in [1.82, 2.24) is 0 Å². The fourth-order valence-corrected chi connectivity index (χ4v) is 8.13. The van der Waals surface area contributed by atoms with E-state index in [0.717, 1.165) is 50.9 Å². The van der Waals surface area contributed by atoms with Gasteiger partial charge in [-0.2, -0.15) is 0 Å². The zero-order chi connectivity index (χ0) is 20.3. The number of fused-ring (bicyclic) bond motifs is 5. The van der Waals surface area contributed by atoms with Crippen LogP contribution in [0.4, 0.5) is 0 Å². The Balaban J connectivity index is 1.54. The summed E-state index contributed by atoms with van der Waals surface area (Å²) >= 11 is 0. The van der Waals surface area contributed by atoms with E-state index in [1.54, 1.807) is 0 Å². The maximum absolute atomic E-state index is 11.4. The number of hydrogen-bond acceptors (Lipinski definition) is 3. The molecule has 0 saturated heterocycles. The van der Waals surface area contributed by atoms with Crippen molar-refractivity contribution in [2.24, 2.45) is 34.5 Å². The Morgan fingerprint density at radius 2 is 1.89 bits per heavy atom. The molecule has 0 aromatic rings. The Kier molecular flexibility index (Phi) is 5.29. The number of aliphatic hydroxyl groups excluding tert-OH is 2. The molecule has 2 unspecified atom stereocenters. The minimum Gasteiger partial charge on any atom is -0.393 e. The molecule has 0 amide bonds. The van der Waals surface area contributed by atoms with Crippen molar-refractivity contribution < 1.29 is 15.3 Å². The molecule has 3 N–H and O–H groups in total. The van der Waals surface area contributed by atoms with Gasteiger partial charge in [0.05, 0.1) is 17.8 Å². The minimum atomic E-state index is -0.569. The molecule has 0 aromatic carbocycles. The van der Waals surface area contributed by atoms with E-state index in [2.05, 4.69) is 19.9 Å². The fraction of sp³-hybridized carbons (Fsp3) is 0.920. The molecule has 8 atom stereocenters. The van der Waals surface area contributed by atoms with Crippen LogP contribution < -0.4 is 0 Å². The number of hydrogen-bond donors (Lipinski definition) is 3. The zero-order valence-corrected chi connectivity index (χ0v) is 18.5. The van der Waals surface area contributed by atoms with E-state index in [9.17, 15) is 15.3 Å². The highest BCUT2D eigenvalue weighted by atomic mass is 16.3. The summed E-state index contributed by atoms with van der Waals surface area (Å²) in [4.78, 5) is 0. The van der Waals surface area contributed by atoms with Gasteiger partial charge in [0, 0.05) is 0 Å². The van der Waals surface area contributed by atoms with Crippen LogP contribution in [0.25, 0.3) is 0 Å². The summed E-state index contributed by atoms with van der Waals surface area (Å²) in [7, 11) is 0. The largest absolute Gasteiger partial charge is 0.393 e. The molecule has 28 heavy (non-hydrogen) atoms. The van der Waals surface area contributed by atoms with Gasteiger partial charge in [-0.05, 0) is 106 Å². The third-order valence-corrected chi connectivity index (χ3v) is 9.55. The number of allylic oxidation sites excluding steroid dienone is 1. The molecule has 4 rings (SSSR count). The van der Waals surface area contributed by atoms with Gasteiger partial charge in [0.15, 0.2) is 0 Å². The zero-order valence-electron chi connectivity index (χ0n) is 18.5. The van der Waals surface area contributed by atoms with Crippen LogP contribution >= 0.6 is 0 Å². The highest BCUT2D eigenvalue weighted by molar-refractivity contribution is 5.26. The molecule has 0 aliphatic heterocycles. The van der Waals surface area contributed by atoms with Crippen LogP contribution in [0.1, 0.15) is 91.9 Å². The van der Waals surface area contributed by atoms with Gasteiger partial charge >= 0.3 is 0 Å². The van der Waals surface area contributed by atoms with E-state index < -0.39 is 5.60 Å². The predicted molar refractivity (Wildman–Crippen MR) is 113 cm³/mol. The smallest absolute Gasteiger partial charge is 0.0591 e. The predicted octanol–water partition coefficient (Wildman–Crippen LogP) is 4.84. The molecule has 0 bridgehead atoms. The maximum Gasteiger partial charge on any atom is 0.0591 e. The van der Waals surface area contributed by atoms with Crippen LogP contribution in [0.15, 0.2) is 11.6 Å². The van der Waals surface area contributed by atoms with Crippen molar-refractivity contribution in [2.75, 3.05) is 0 Å². The lowest BCUT2D eigenvalue weighted by Gasteiger charge is -2.59. The van der Waals surface area contributed by atoms with Crippen molar-refractivity contribution in [3.63, 3.8) is 0 Å². The summed E-state index contributed by atoms with van der Waals surface area (Å²) in [5, 5.41) is 31.7. The van der Waals surface area contributed by atoms with Crippen molar-refractivity contribution in [3.8, 4) is 0 Å². The Hall–Kier alpha value is -0.380. The van der Waals surface area contributed by atoms with Gasteiger partial charge in [0.1, 0.15) is 0 Å². The Morgan fingerprint density at radius 1 is 1.14 bits per heavy atom. The molecule has 3 nitrogen and oxygen atoms in total. The van der Waals surface area contributed by atoms with E-state index in [0.29, 0.717) is 17.8 Å². The van der Waals surface area contributed by atoms with E-state index >= 15 is 0 Å². The average Bonchev–Trinajstić information content (AvgIpc) is 2.90. The van der Waals surface area contributed by atoms with Crippen LogP contribution in [0.3, 0.4) is 0 Å². The number of rotatable bonds is 4. The van der Waals surface area contributed by atoms with Crippen LogP contribution in [0.2, 0.25) is 0 Å². The summed E-state index contributed by atoms with van der Waals surface area (Å²) in [5.41, 5.74) is 1.19. The summed E-state index contributed by atoms with van der Waals surface area (Å²) in [6.07, 6.45) is 12.5. The highest BCUT2D eigenvalue weighted by Crippen LogP contribution is 2.66. The van der Waals surface area contributed by atoms with E-state index in [1.807, 2.05) is 13.8 Å². The lowest BCUT2D eigenvalue weighted by atomic mass is 9.46. The van der Waals surface area contributed by atoms with Gasteiger partial charge in [-0.3, -0.25) is 0 Å². The fourth-order valence-electron chi connectivity index (χ4n) is 8.13. The van der Waals surface area contributed by atoms with Crippen molar-refractivity contribution in [3.05, 3.63) is 11.6 Å². The first-order chi connectivity index (χ1) is 13.0. The molecule has 4 aliphatic carbocycles. The molecule has 0 aromatic heterocycles. The molecule has 3 fully saturated rings. The third-order valence-electron chi connectivity index (χ3n) is 9.55. The number of aliphatic hydroxyl groups is 3. The van der Waals surface area contributed by atoms with Gasteiger partial charge in [0.2, 0.25) is 0 Å². The molecule has 3 saturated carbocycles. The summed E-state index contributed by atoms with van der Waals surface area (Å²) in [6, 6.07) is 0. The summed E-state index contributed by atoms with van der Waals surface area (Å²) < 4.78 is 0. The SMILES string of the molecule is CC(C)(O)CCC[C@H]1CCC2[C@@H]3CC=C4C[C@@H](O)CC[C@]4(C)C3[C@@H](O)C[C@@]21C. The van der Waals surface area contributed by atoms with Crippen LogP contribution in [-0.2, 0) is 0 Å². The van der Waals surface area contributed by atoms with Crippen molar-refractivity contribution >= 4 is 0 Å². The first-order valence-electron chi connectivity index (χ1n) is 11.8. The van der Waals surface area contributed by atoms with Crippen molar-refractivity contribution in [1.29, 1.82) is 0 Å². The molecule has 0 spiro atoms. The lowest BCUT2D eigenvalue weighted by molar-refractivity contribution is -0.126. The summed E-state index contributed by atoms with van der Waals surface area (Å²) in [5.74, 6) is 2.36.